The summed E-state index contributed by atoms with van der Waals surface area (Å²) in [5.41, 5.74) is 4.59. The molecule has 5 rings (SSSR count). The summed E-state index contributed by atoms with van der Waals surface area (Å²) in [4.78, 5) is 26.1. The van der Waals surface area contributed by atoms with E-state index in [1.807, 2.05) is 23.7 Å². The van der Waals surface area contributed by atoms with Crippen LogP contribution in [0.5, 0.6) is 0 Å². The van der Waals surface area contributed by atoms with Crippen LogP contribution in [0.4, 0.5) is 18.9 Å². The van der Waals surface area contributed by atoms with Crippen molar-refractivity contribution in [2.45, 2.75) is 37.4 Å². The molecule has 1 aliphatic carbocycles. The van der Waals surface area contributed by atoms with Gasteiger partial charge < -0.3 is 15.2 Å². The lowest BCUT2D eigenvalue weighted by atomic mass is 9.63. The highest BCUT2D eigenvalue weighted by molar-refractivity contribution is 6.11. The minimum absolute atomic E-state index is 0.157. The standard InChI is InChI=1S/C23H20F3N5O2/c1-30-12-28-29-21(30)22(6-3-7-22)14-4-2-5-15(10-14)31-11-17-16(20(31)33)8-13(19(27)32)9-18(17)23(24,25)26/h2,4-5,8-10,12H,3,6-7,11H2,1H3,(H2,27,32). The maximum atomic E-state index is 13.7. The summed E-state index contributed by atoms with van der Waals surface area (Å²) in [6.07, 6.45) is -0.367. The summed E-state index contributed by atoms with van der Waals surface area (Å²) in [5.74, 6) is -0.809. The van der Waals surface area contributed by atoms with Gasteiger partial charge in [0.1, 0.15) is 12.2 Å². The molecule has 170 valence electrons. The number of rotatable bonds is 4. The first kappa shape index (κ1) is 21.2. The predicted octanol–water partition coefficient (Wildman–Crippen LogP) is 3.56. The molecule has 1 aliphatic heterocycles. The number of benzene rings is 2. The lowest BCUT2D eigenvalue weighted by molar-refractivity contribution is -0.138. The first-order chi connectivity index (χ1) is 15.6. The number of carbonyl (C=O) groups is 2. The van der Waals surface area contributed by atoms with E-state index < -0.39 is 23.6 Å². The molecule has 2 aromatic carbocycles. The van der Waals surface area contributed by atoms with E-state index in [-0.39, 0.29) is 28.7 Å². The molecule has 7 nitrogen and oxygen atoms in total. The number of amides is 2. The molecule has 2 amide bonds. The zero-order valence-corrected chi connectivity index (χ0v) is 17.7. The van der Waals surface area contributed by atoms with Crippen LogP contribution in [0, 0.1) is 0 Å². The summed E-state index contributed by atoms with van der Waals surface area (Å²) in [5, 5.41) is 8.28. The van der Waals surface area contributed by atoms with E-state index >= 15 is 0 Å². The van der Waals surface area contributed by atoms with Crippen molar-refractivity contribution < 1.29 is 22.8 Å². The molecule has 1 fully saturated rings. The van der Waals surface area contributed by atoms with Gasteiger partial charge in [-0.2, -0.15) is 13.2 Å². The average molecular weight is 455 g/mol. The van der Waals surface area contributed by atoms with Crippen molar-refractivity contribution in [3.63, 3.8) is 0 Å². The van der Waals surface area contributed by atoms with Gasteiger partial charge in [0.15, 0.2) is 0 Å². The lowest BCUT2D eigenvalue weighted by Gasteiger charge is -2.41. The van der Waals surface area contributed by atoms with Crippen molar-refractivity contribution in [3.8, 4) is 0 Å². The van der Waals surface area contributed by atoms with Gasteiger partial charge in [0.05, 0.1) is 17.5 Å². The average Bonchev–Trinajstić information content (AvgIpc) is 3.30. The number of aryl methyl sites for hydroxylation is 1. The molecule has 0 radical (unpaired) electrons. The number of hydrogen-bond acceptors (Lipinski definition) is 4. The van der Waals surface area contributed by atoms with Crippen molar-refractivity contribution in [3.05, 3.63) is 76.4 Å². The van der Waals surface area contributed by atoms with Gasteiger partial charge in [-0.25, -0.2) is 0 Å². The topological polar surface area (TPSA) is 94.1 Å². The molecule has 0 spiro atoms. The van der Waals surface area contributed by atoms with Crippen molar-refractivity contribution in [1.29, 1.82) is 0 Å². The molecular formula is C23H20F3N5O2. The Morgan fingerprint density at radius 2 is 1.94 bits per heavy atom. The Morgan fingerprint density at radius 1 is 1.18 bits per heavy atom. The van der Waals surface area contributed by atoms with Crippen molar-refractivity contribution in [1.82, 2.24) is 14.8 Å². The summed E-state index contributed by atoms with van der Waals surface area (Å²) in [7, 11) is 1.87. The van der Waals surface area contributed by atoms with E-state index in [4.69, 9.17) is 5.73 Å². The number of primary amides is 1. The van der Waals surface area contributed by atoms with Crippen LogP contribution in [0.25, 0.3) is 0 Å². The number of fused-ring (bicyclic) bond motifs is 1. The third-order valence-corrected chi connectivity index (χ3v) is 6.69. The number of halogens is 3. The third kappa shape index (κ3) is 3.20. The van der Waals surface area contributed by atoms with Gasteiger partial charge in [0, 0.05) is 23.9 Å². The second kappa shape index (κ2) is 7.16. The van der Waals surface area contributed by atoms with Crippen LogP contribution in [-0.4, -0.2) is 26.6 Å². The SMILES string of the molecule is Cn1cnnc1C1(c2cccc(N3Cc4c(cc(C(N)=O)cc4C(F)(F)F)C3=O)c2)CCC1. The van der Waals surface area contributed by atoms with Crippen molar-refractivity contribution in [2.75, 3.05) is 4.90 Å². The Balaban J connectivity index is 1.57. The number of aromatic nitrogens is 3. The van der Waals surface area contributed by atoms with Gasteiger partial charge in [-0.3, -0.25) is 9.59 Å². The monoisotopic (exact) mass is 455 g/mol. The largest absolute Gasteiger partial charge is 0.416 e. The molecule has 1 aromatic heterocycles. The molecule has 2 heterocycles. The minimum atomic E-state index is -4.73. The first-order valence-corrected chi connectivity index (χ1v) is 10.4. The van der Waals surface area contributed by atoms with Crippen LogP contribution >= 0.6 is 0 Å². The van der Waals surface area contributed by atoms with E-state index in [9.17, 15) is 22.8 Å². The van der Waals surface area contributed by atoms with Gasteiger partial charge in [0.25, 0.3) is 5.91 Å². The molecule has 33 heavy (non-hydrogen) atoms. The summed E-state index contributed by atoms with van der Waals surface area (Å²) in [6, 6.07) is 9.12. The first-order valence-electron chi connectivity index (χ1n) is 10.4. The molecule has 2 aliphatic rings. The Bertz CT molecular complexity index is 1290. The van der Waals surface area contributed by atoms with Crippen LogP contribution in [-0.2, 0) is 25.2 Å². The Kier molecular flexibility index (Phi) is 4.59. The molecule has 0 atom stereocenters. The Hall–Kier alpha value is -3.69. The number of hydrogen-bond donors (Lipinski definition) is 1. The van der Waals surface area contributed by atoms with Crippen LogP contribution < -0.4 is 10.6 Å². The smallest absolute Gasteiger partial charge is 0.366 e. The molecule has 3 aromatic rings. The molecule has 1 saturated carbocycles. The number of anilines is 1. The van der Waals surface area contributed by atoms with Crippen LogP contribution in [0.15, 0.2) is 42.7 Å². The number of carbonyl (C=O) groups excluding carboxylic acids is 2. The highest BCUT2D eigenvalue weighted by Gasteiger charge is 2.45. The molecule has 0 saturated heterocycles. The summed E-state index contributed by atoms with van der Waals surface area (Å²) < 4.78 is 43.0. The van der Waals surface area contributed by atoms with Gasteiger partial charge in [-0.05, 0) is 48.2 Å². The second-order valence-corrected chi connectivity index (χ2v) is 8.55. The number of alkyl halides is 3. The van der Waals surface area contributed by atoms with Gasteiger partial charge in [-0.15, -0.1) is 10.2 Å². The predicted molar refractivity (Wildman–Crippen MR) is 113 cm³/mol. The van der Waals surface area contributed by atoms with E-state index in [1.54, 1.807) is 18.5 Å². The van der Waals surface area contributed by atoms with E-state index in [1.165, 1.54) is 4.90 Å². The zero-order chi connectivity index (χ0) is 23.5. The van der Waals surface area contributed by atoms with Gasteiger partial charge in [0.2, 0.25) is 5.91 Å². The third-order valence-electron chi connectivity index (χ3n) is 6.69. The highest BCUT2D eigenvalue weighted by Crippen LogP contribution is 2.49. The molecule has 0 bridgehead atoms. The number of nitrogens with two attached hydrogens (primary N) is 1. The molecule has 10 heteroatoms. The van der Waals surface area contributed by atoms with E-state index in [0.29, 0.717) is 11.8 Å². The second-order valence-electron chi connectivity index (χ2n) is 8.55. The van der Waals surface area contributed by atoms with E-state index in [2.05, 4.69) is 10.2 Å². The zero-order valence-electron chi connectivity index (χ0n) is 17.7. The fourth-order valence-electron chi connectivity index (χ4n) is 4.87. The van der Waals surface area contributed by atoms with Crippen molar-refractivity contribution in [2.24, 2.45) is 12.8 Å². The quantitative estimate of drug-likeness (QED) is 0.651. The molecular weight excluding hydrogens is 435 g/mol. The Labute approximate surface area is 187 Å². The van der Waals surface area contributed by atoms with Crippen molar-refractivity contribution >= 4 is 17.5 Å². The maximum Gasteiger partial charge on any atom is 0.416 e. The minimum Gasteiger partial charge on any atom is -0.366 e. The van der Waals surface area contributed by atoms with Crippen LogP contribution in [0.2, 0.25) is 0 Å². The highest BCUT2D eigenvalue weighted by atomic mass is 19.4. The fourth-order valence-corrected chi connectivity index (χ4v) is 4.87. The van der Waals surface area contributed by atoms with Crippen LogP contribution in [0.3, 0.4) is 0 Å². The normalized spacial score (nSPS) is 17.1. The lowest BCUT2D eigenvalue weighted by Crippen LogP contribution is -2.38. The molecule has 2 N–H and O–H groups in total. The summed E-state index contributed by atoms with van der Waals surface area (Å²) in [6.45, 7) is -0.248. The van der Waals surface area contributed by atoms with Gasteiger partial charge in [-0.1, -0.05) is 18.6 Å². The summed E-state index contributed by atoms with van der Waals surface area (Å²) >= 11 is 0. The Morgan fingerprint density at radius 3 is 2.52 bits per heavy atom. The van der Waals surface area contributed by atoms with Gasteiger partial charge >= 0.3 is 6.18 Å². The van der Waals surface area contributed by atoms with Crippen LogP contribution in [0.1, 0.15) is 62.5 Å². The fraction of sp³-hybridized carbons (Fsp3) is 0.304. The van der Waals surface area contributed by atoms with E-state index in [0.717, 1.165) is 36.7 Å². The molecule has 0 unspecified atom stereocenters. The number of nitrogens with zero attached hydrogens (tertiary/aromatic N) is 4. The maximum absolute atomic E-state index is 13.7.